The summed E-state index contributed by atoms with van der Waals surface area (Å²) >= 11 is 0. The van der Waals surface area contributed by atoms with E-state index in [4.69, 9.17) is 14.4 Å². The van der Waals surface area contributed by atoms with E-state index < -0.39 is 11.8 Å². The zero-order valence-corrected chi connectivity index (χ0v) is 9.51. The third kappa shape index (κ3) is 2.48. The van der Waals surface area contributed by atoms with E-state index in [0.29, 0.717) is 17.1 Å². The van der Waals surface area contributed by atoms with Gasteiger partial charge in [0, 0.05) is 6.07 Å². The SMILES string of the molecule is Cc1onc(C(=O)O)c1COc1cccc(F)c1. The molecule has 0 aliphatic rings. The lowest BCUT2D eigenvalue weighted by Gasteiger charge is -2.05. The summed E-state index contributed by atoms with van der Waals surface area (Å²) in [5.41, 5.74) is 0.149. The van der Waals surface area contributed by atoms with Crippen LogP contribution in [0.2, 0.25) is 0 Å². The summed E-state index contributed by atoms with van der Waals surface area (Å²) in [5.74, 6) is -0.937. The van der Waals surface area contributed by atoms with E-state index in [2.05, 4.69) is 5.16 Å². The third-order valence-corrected chi connectivity index (χ3v) is 2.37. The van der Waals surface area contributed by atoms with Gasteiger partial charge in [-0.05, 0) is 19.1 Å². The largest absolute Gasteiger partial charge is 0.489 e. The van der Waals surface area contributed by atoms with E-state index in [1.54, 1.807) is 13.0 Å². The van der Waals surface area contributed by atoms with Crippen molar-refractivity contribution in [3.8, 4) is 5.75 Å². The highest BCUT2D eigenvalue weighted by Gasteiger charge is 2.19. The zero-order valence-electron chi connectivity index (χ0n) is 9.51. The second-order valence-electron chi connectivity index (χ2n) is 3.62. The molecular formula is C12H10FNO4. The van der Waals surface area contributed by atoms with Crippen molar-refractivity contribution in [2.24, 2.45) is 0 Å². The van der Waals surface area contributed by atoms with Crippen LogP contribution >= 0.6 is 0 Å². The maximum Gasteiger partial charge on any atom is 0.358 e. The fraction of sp³-hybridized carbons (Fsp3) is 0.167. The number of hydrogen-bond acceptors (Lipinski definition) is 4. The van der Waals surface area contributed by atoms with Gasteiger partial charge in [0.25, 0.3) is 0 Å². The molecule has 18 heavy (non-hydrogen) atoms. The predicted molar refractivity (Wildman–Crippen MR) is 58.9 cm³/mol. The molecule has 0 saturated heterocycles. The van der Waals surface area contributed by atoms with Gasteiger partial charge in [-0.3, -0.25) is 0 Å². The summed E-state index contributed by atoms with van der Waals surface area (Å²) < 4.78 is 23.0. The van der Waals surface area contributed by atoms with E-state index in [0.717, 1.165) is 0 Å². The number of hydrogen-bond donors (Lipinski definition) is 1. The minimum absolute atomic E-state index is 0.0413. The average molecular weight is 251 g/mol. The Morgan fingerprint density at radius 3 is 3.00 bits per heavy atom. The first-order valence-corrected chi connectivity index (χ1v) is 5.14. The molecule has 0 unspecified atom stereocenters. The van der Waals surface area contributed by atoms with Crippen LogP contribution in [0.15, 0.2) is 28.8 Å². The lowest BCUT2D eigenvalue weighted by molar-refractivity contribution is 0.0683. The molecule has 6 heteroatoms. The first-order chi connectivity index (χ1) is 8.58. The fourth-order valence-corrected chi connectivity index (χ4v) is 1.44. The Labute approximate surface area is 102 Å². The standard InChI is InChI=1S/C12H10FNO4/c1-7-10(11(12(15)16)14-18-7)6-17-9-4-2-3-8(13)5-9/h2-5H,6H2,1H3,(H,15,16). The van der Waals surface area contributed by atoms with Gasteiger partial charge >= 0.3 is 5.97 Å². The molecule has 5 nitrogen and oxygen atoms in total. The first kappa shape index (κ1) is 12.1. The summed E-state index contributed by atoms with van der Waals surface area (Å²) in [6, 6.07) is 5.58. The van der Waals surface area contributed by atoms with Crippen molar-refractivity contribution in [3.63, 3.8) is 0 Å². The molecule has 0 bridgehead atoms. The van der Waals surface area contributed by atoms with Crippen LogP contribution < -0.4 is 4.74 Å². The smallest absolute Gasteiger partial charge is 0.358 e. The summed E-state index contributed by atoms with van der Waals surface area (Å²) in [6.45, 7) is 1.55. The van der Waals surface area contributed by atoms with Gasteiger partial charge < -0.3 is 14.4 Å². The van der Waals surface area contributed by atoms with Crippen LogP contribution in [0.1, 0.15) is 21.8 Å². The lowest BCUT2D eigenvalue weighted by Crippen LogP contribution is -2.05. The van der Waals surface area contributed by atoms with Gasteiger partial charge in [-0.15, -0.1) is 0 Å². The molecule has 1 N–H and O–H groups in total. The molecule has 2 aromatic rings. The van der Waals surface area contributed by atoms with Crippen LogP contribution in [0, 0.1) is 12.7 Å². The number of nitrogens with zero attached hydrogens (tertiary/aromatic N) is 1. The number of benzene rings is 1. The molecule has 1 heterocycles. The number of carbonyl (C=O) groups is 1. The van der Waals surface area contributed by atoms with Crippen molar-refractivity contribution in [2.45, 2.75) is 13.5 Å². The van der Waals surface area contributed by atoms with Gasteiger partial charge in [0.1, 0.15) is 23.9 Å². The number of carboxylic acids is 1. The zero-order chi connectivity index (χ0) is 13.1. The highest BCUT2D eigenvalue weighted by atomic mass is 19.1. The number of aromatic nitrogens is 1. The maximum atomic E-state index is 12.9. The van der Waals surface area contributed by atoms with Crippen molar-refractivity contribution in [1.82, 2.24) is 5.16 Å². The minimum Gasteiger partial charge on any atom is -0.489 e. The Balaban J connectivity index is 2.15. The van der Waals surface area contributed by atoms with Crippen LogP contribution in [-0.2, 0) is 6.61 Å². The molecule has 0 fully saturated rings. The maximum absolute atomic E-state index is 12.9. The molecule has 0 spiro atoms. The highest BCUT2D eigenvalue weighted by molar-refractivity contribution is 5.87. The molecule has 94 valence electrons. The van der Waals surface area contributed by atoms with Gasteiger partial charge in [-0.2, -0.15) is 0 Å². The van der Waals surface area contributed by atoms with Crippen molar-refractivity contribution in [1.29, 1.82) is 0 Å². The Kier molecular flexibility index (Phi) is 3.27. The third-order valence-electron chi connectivity index (χ3n) is 2.37. The highest BCUT2D eigenvalue weighted by Crippen LogP contribution is 2.18. The van der Waals surface area contributed by atoms with Gasteiger partial charge in [0.2, 0.25) is 0 Å². The summed E-state index contributed by atoms with van der Waals surface area (Å²) in [4.78, 5) is 10.9. The summed E-state index contributed by atoms with van der Waals surface area (Å²) in [5, 5.41) is 12.3. The Hall–Kier alpha value is -2.37. The normalized spacial score (nSPS) is 10.3. The van der Waals surface area contributed by atoms with Gasteiger partial charge in [-0.1, -0.05) is 11.2 Å². The van der Waals surface area contributed by atoms with Gasteiger partial charge in [0.15, 0.2) is 5.69 Å². The summed E-state index contributed by atoms with van der Waals surface area (Å²) in [6.07, 6.45) is 0. The van der Waals surface area contributed by atoms with E-state index in [1.807, 2.05) is 0 Å². The predicted octanol–water partition coefficient (Wildman–Crippen LogP) is 2.40. The monoisotopic (exact) mass is 251 g/mol. The van der Waals surface area contributed by atoms with E-state index in [9.17, 15) is 9.18 Å². The number of rotatable bonds is 4. The minimum atomic E-state index is -1.19. The van der Waals surface area contributed by atoms with E-state index in [1.165, 1.54) is 18.2 Å². The topological polar surface area (TPSA) is 72.6 Å². The molecular weight excluding hydrogens is 241 g/mol. The molecule has 0 aliphatic carbocycles. The molecule has 1 aromatic carbocycles. The second kappa shape index (κ2) is 4.87. The van der Waals surface area contributed by atoms with Gasteiger partial charge in [0.05, 0.1) is 5.56 Å². The number of ether oxygens (including phenoxy) is 1. The van der Waals surface area contributed by atoms with Crippen LogP contribution in [0.4, 0.5) is 4.39 Å². The number of aryl methyl sites for hydroxylation is 1. The number of halogens is 1. The molecule has 0 radical (unpaired) electrons. The summed E-state index contributed by atoms with van der Waals surface area (Å²) in [7, 11) is 0. The fourth-order valence-electron chi connectivity index (χ4n) is 1.44. The van der Waals surface area contributed by atoms with E-state index in [-0.39, 0.29) is 12.3 Å². The van der Waals surface area contributed by atoms with E-state index >= 15 is 0 Å². The van der Waals surface area contributed by atoms with Crippen LogP contribution in [-0.4, -0.2) is 16.2 Å². The Bertz CT molecular complexity index is 579. The lowest BCUT2D eigenvalue weighted by atomic mass is 10.2. The quantitative estimate of drug-likeness (QED) is 0.903. The van der Waals surface area contributed by atoms with Crippen molar-refractivity contribution >= 4 is 5.97 Å². The molecule has 0 amide bonds. The van der Waals surface area contributed by atoms with Crippen molar-refractivity contribution in [2.75, 3.05) is 0 Å². The van der Waals surface area contributed by atoms with Crippen LogP contribution in [0.5, 0.6) is 5.75 Å². The molecule has 0 atom stereocenters. The second-order valence-corrected chi connectivity index (χ2v) is 3.62. The molecule has 0 aliphatic heterocycles. The van der Waals surface area contributed by atoms with Crippen LogP contribution in [0.25, 0.3) is 0 Å². The molecule has 2 rings (SSSR count). The van der Waals surface area contributed by atoms with Crippen LogP contribution in [0.3, 0.4) is 0 Å². The van der Waals surface area contributed by atoms with Crippen molar-refractivity contribution < 1.29 is 23.6 Å². The number of aromatic carboxylic acids is 1. The van der Waals surface area contributed by atoms with Gasteiger partial charge in [-0.25, -0.2) is 9.18 Å². The Morgan fingerprint density at radius 1 is 1.56 bits per heavy atom. The first-order valence-electron chi connectivity index (χ1n) is 5.14. The number of carboxylic acid groups (broad SMARTS) is 1. The average Bonchev–Trinajstić information content (AvgIpc) is 2.68. The Morgan fingerprint density at radius 2 is 2.33 bits per heavy atom. The molecule has 0 saturated carbocycles. The molecule has 1 aromatic heterocycles. The van der Waals surface area contributed by atoms with Crippen molar-refractivity contribution in [3.05, 3.63) is 47.1 Å².